The van der Waals surface area contributed by atoms with Crippen molar-refractivity contribution < 1.29 is 24.5 Å². The van der Waals surface area contributed by atoms with Crippen LogP contribution in [-0.4, -0.2) is 48.1 Å². The van der Waals surface area contributed by atoms with Crippen LogP contribution in [0.5, 0.6) is 11.5 Å². The summed E-state index contributed by atoms with van der Waals surface area (Å²) in [5.74, 6) is 0.345. The van der Waals surface area contributed by atoms with Crippen LogP contribution in [0.3, 0.4) is 0 Å². The predicted octanol–water partition coefficient (Wildman–Crippen LogP) is 2.43. The first-order valence-electron chi connectivity index (χ1n) is 9.66. The molecule has 2 aromatic carbocycles. The molecule has 0 spiro atoms. The third kappa shape index (κ3) is 6.25. The van der Waals surface area contributed by atoms with Crippen molar-refractivity contribution in [3.05, 3.63) is 59.7 Å². The number of aliphatic hydroxyl groups is 1. The molecule has 0 heterocycles. The maximum atomic E-state index is 10.7. The minimum Gasteiger partial charge on any atom is -0.491 e. The van der Waals surface area contributed by atoms with Crippen molar-refractivity contribution in [1.29, 1.82) is 0 Å². The van der Waals surface area contributed by atoms with Gasteiger partial charge in [0.15, 0.2) is 6.61 Å². The summed E-state index contributed by atoms with van der Waals surface area (Å²) in [6, 6.07) is 15.5. The Morgan fingerprint density at radius 1 is 1.11 bits per heavy atom. The fraction of sp³-hybridized carbons (Fsp3) is 0.409. The zero-order chi connectivity index (χ0) is 19.8. The van der Waals surface area contributed by atoms with Crippen molar-refractivity contribution >= 4 is 5.97 Å². The minimum atomic E-state index is -0.985. The van der Waals surface area contributed by atoms with E-state index in [2.05, 4.69) is 5.32 Å². The number of fused-ring (bicyclic) bond motifs is 1. The fourth-order valence-electron chi connectivity index (χ4n) is 3.42. The zero-order valence-electron chi connectivity index (χ0n) is 15.8. The van der Waals surface area contributed by atoms with Crippen LogP contribution in [0.4, 0.5) is 0 Å². The molecule has 0 saturated carbocycles. The second-order valence-corrected chi connectivity index (χ2v) is 7.09. The normalized spacial score (nSPS) is 17.2. The highest BCUT2D eigenvalue weighted by Gasteiger charge is 2.18. The summed E-state index contributed by atoms with van der Waals surface area (Å²) in [5, 5.41) is 22.4. The van der Waals surface area contributed by atoms with Crippen molar-refractivity contribution in [2.24, 2.45) is 0 Å². The van der Waals surface area contributed by atoms with Gasteiger partial charge in [0, 0.05) is 12.6 Å². The van der Waals surface area contributed by atoms with Crippen molar-refractivity contribution in [1.82, 2.24) is 5.32 Å². The van der Waals surface area contributed by atoms with Gasteiger partial charge in [-0.05, 0) is 61.1 Å². The number of carbonyl (C=O) groups is 1. The zero-order valence-corrected chi connectivity index (χ0v) is 15.8. The van der Waals surface area contributed by atoms with Crippen molar-refractivity contribution in [3.8, 4) is 11.5 Å². The van der Waals surface area contributed by atoms with Crippen LogP contribution in [0.15, 0.2) is 48.5 Å². The SMILES string of the molecule is O=C(O)COc1ccc2c(c1)CC(NCC(O)COc1ccccc1)CCC2. The first-order valence-corrected chi connectivity index (χ1v) is 9.66. The second kappa shape index (κ2) is 10.1. The van der Waals surface area contributed by atoms with Crippen LogP contribution < -0.4 is 14.8 Å². The van der Waals surface area contributed by atoms with Gasteiger partial charge in [-0.15, -0.1) is 0 Å². The smallest absolute Gasteiger partial charge is 0.341 e. The molecule has 0 amide bonds. The summed E-state index contributed by atoms with van der Waals surface area (Å²) in [7, 11) is 0. The molecule has 2 unspecified atom stereocenters. The number of aryl methyl sites for hydroxylation is 1. The van der Waals surface area contributed by atoms with Crippen LogP contribution in [0.2, 0.25) is 0 Å². The molecule has 6 nitrogen and oxygen atoms in total. The number of carboxylic acid groups (broad SMARTS) is 1. The molecule has 28 heavy (non-hydrogen) atoms. The molecule has 3 N–H and O–H groups in total. The number of hydrogen-bond donors (Lipinski definition) is 3. The van der Waals surface area contributed by atoms with E-state index in [0.717, 1.165) is 31.4 Å². The van der Waals surface area contributed by atoms with Gasteiger partial charge in [0.25, 0.3) is 0 Å². The molecule has 0 bridgehead atoms. The largest absolute Gasteiger partial charge is 0.491 e. The molecule has 150 valence electrons. The van der Waals surface area contributed by atoms with Gasteiger partial charge in [-0.2, -0.15) is 0 Å². The van der Waals surface area contributed by atoms with E-state index in [1.54, 1.807) is 0 Å². The monoisotopic (exact) mass is 385 g/mol. The number of ether oxygens (including phenoxy) is 2. The number of nitrogens with one attached hydrogen (secondary N) is 1. The van der Waals surface area contributed by atoms with Crippen LogP contribution in [0.1, 0.15) is 24.0 Å². The third-order valence-corrected chi connectivity index (χ3v) is 4.83. The topological polar surface area (TPSA) is 88.0 Å². The van der Waals surface area contributed by atoms with E-state index < -0.39 is 12.1 Å². The van der Waals surface area contributed by atoms with E-state index in [1.807, 2.05) is 48.5 Å². The molecule has 0 aliphatic heterocycles. The maximum absolute atomic E-state index is 10.7. The summed E-state index contributed by atoms with van der Waals surface area (Å²) >= 11 is 0. The second-order valence-electron chi connectivity index (χ2n) is 7.09. The highest BCUT2D eigenvalue weighted by Crippen LogP contribution is 2.25. The lowest BCUT2D eigenvalue weighted by Gasteiger charge is -2.20. The lowest BCUT2D eigenvalue weighted by atomic mass is 10.0. The fourth-order valence-corrected chi connectivity index (χ4v) is 3.42. The highest BCUT2D eigenvalue weighted by atomic mass is 16.5. The molecule has 0 fully saturated rings. The van der Waals surface area contributed by atoms with E-state index in [-0.39, 0.29) is 19.3 Å². The van der Waals surface area contributed by atoms with Gasteiger partial charge in [0.05, 0.1) is 0 Å². The van der Waals surface area contributed by atoms with E-state index in [9.17, 15) is 9.90 Å². The average molecular weight is 385 g/mol. The van der Waals surface area contributed by atoms with Gasteiger partial charge in [0.1, 0.15) is 24.2 Å². The van der Waals surface area contributed by atoms with Gasteiger partial charge >= 0.3 is 5.97 Å². The Labute approximate surface area is 165 Å². The molecule has 3 rings (SSSR count). The Morgan fingerprint density at radius 2 is 1.93 bits per heavy atom. The summed E-state index contributed by atoms with van der Waals surface area (Å²) < 4.78 is 10.9. The van der Waals surface area contributed by atoms with Crippen molar-refractivity contribution in [2.45, 2.75) is 37.8 Å². The molecule has 2 aromatic rings. The molecule has 0 radical (unpaired) electrons. The van der Waals surface area contributed by atoms with Crippen molar-refractivity contribution in [2.75, 3.05) is 19.8 Å². The molecule has 6 heteroatoms. The van der Waals surface area contributed by atoms with Crippen LogP contribution in [-0.2, 0) is 17.6 Å². The number of hydrogen-bond acceptors (Lipinski definition) is 5. The lowest BCUT2D eigenvalue weighted by Crippen LogP contribution is -2.39. The summed E-state index contributed by atoms with van der Waals surface area (Å²) in [6.45, 7) is 0.365. The molecule has 2 atom stereocenters. The Kier molecular flexibility index (Phi) is 7.28. The molecule has 0 saturated heterocycles. The molecular formula is C22H27NO5. The quantitative estimate of drug-likeness (QED) is 0.575. The number of rotatable bonds is 9. The number of benzene rings is 2. The van der Waals surface area contributed by atoms with Crippen molar-refractivity contribution in [3.63, 3.8) is 0 Å². The summed E-state index contributed by atoms with van der Waals surface area (Å²) in [4.78, 5) is 10.7. The Morgan fingerprint density at radius 3 is 2.71 bits per heavy atom. The van der Waals surface area contributed by atoms with Crippen LogP contribution >= 0.6 is 0 Å². The van der Waals surface area contributed by atoms with Gasteiger partial charge in [-0.3, -0.25) is 0 Å². The molecule has 0 aromatic heterocycles. The number of aliphatic hydroxyl groups excluding tert-OH is 1. The first kappa shape index (κ1) is 20.2. The van der Waals surface area contributed by atoms with E-state index >= 15 is 0 Å². The van der Waals surface area contributed by atoms with Gasteiger partial charge in [0.2, 0.25) is 0 Å². The minimum absolute atomic E-state index is 0.244. The van der Waals surface area contributed by atoms with E-state index in [0.29, 0.717) is 12.3 Å². The maximum Gasteiger partial charge on any atom is 0.341 e. The summed E-state index contributed by atoms with van der Waals surface area (Å²) in [5.41, 5.74) is 2.45. The lowest BCUT2D eigenvalue weighted by molar-refractivity contribution is -0.139. The Balaban J connectivity index is 1.50. The first-order chi connectivity index (χ1) is 13.6. The Hall–Kier alpha value is -2.57. The average Bonchev–Trinajstić information content (AvgIpc) is 2.91. The predicted molar refractivity (Wildman–Crippen MR) is 106 cm³/mol. The number of para-hydroxylation sites is 1. The van der Waals surface area contributed by atoms with Gasteiger partial charge in [-0.1, -0.05) is 24.3 Å². The van der Waals surface area contributed by atoms with Crippen LogP contribution in [0, 0.1) is 0 Å². The number of aliphatic carboxylic acids is 1. The van der Waals surface area contributed by atoms with Gasteiger partial charge in [-0.25, -0.2) is 4.79 Å². The van der Waals surface area contributed by atoms with Gasteiger partial charge < -0.3 is 25.0 Å². The Bertz CT molecular complexity index is 765. The third-order valence-electron chi connectivity index (χ3n) is 4.83. The molecule has 1 aliphatic rings. The molecular weight excluding hydrogens is 358 g/mol. The highest BCUT2D eigenvalue weighted by molar-refractivity contribution is 5.68. The molecule has 1 aliphatic carbocycles. The van der Waals surface area contributed by atoms with E-state index in [4.69, 9.17) is 14.6 Å². The number of carboxylic acids is 1. The van der Waals surface area contributed by atoms with Crippen LogP contribution in [0.25, 0.3) is 0 Å². The van der Waals surface area contributed by atoms with E-state index in [1.165, 1.54) is 11.1 Å². The standard InChI is InChI=1S/C22H27NO5/c24-19(14-27-20-7-2-1-3-8-20)13-23-18-6-4-5-16-9-10-21(12-17(16)11-18)28-15-22(25)26/h1-3,7-10,12,18-19,23-24H,4-6,11,13-15H2,(H,25,26). The summed E-state index contributed by atoms with van der Waals surface area (Å²) in [6.07, 6.45) is 3.31.